The topological polar surface area (TPSA) is 85.3 Å². The van der Waals surface area contributed by atoms with E-state index in [2.05, 4.69) is 0 Å². The van der Waals surface area contributed by atoms with Gasteiger partial charge in [-0.3, -0.25) is 9.59 Å². The summed E-state index contributed by atoms with van der Waals surface area (Å²) < 4.78 is 16.1. The fraction of sp³-hybridized carbons (Fsp3) is 0.385. The summed E-state index contributed by atoms with van der Waals surface area (Å²) in [7, 11) is 3.13. The monoisotopic (exact) mass is 453 g/mol. The third-order valence-electron chi connectivity index (χ3n) is 5.65. The van der Waals surface area contributed by atoms with Crippen LogP contribution in [0.2, 0.25) is 0 Å². The summed E-state index contributed by atoms with van der Waals surface area (Å²) in [6.45, 7) is 6.50. The van der Waals surface area contributed by atoms with Crippen molar-refractivity contribution in [3.63, 3.8) is 0 Å². The molecule has 0 spiro atoms. The van der Waals surface area contributed by atoms with E-state index in [1.165, 1.54) is 4.90 Å². The number of benzene rings is 2. The van der Waals surface area contributed by atoms with E-state index < -0.39 is 17.7 Å². The van der Waals surface area contributed by atoms with Crippen LogP contribution in [0.5, 0.6) is 11.5 Å². The van der Waals surface area contributed by atoms with Crippen molar-refractivity contribution in [2.24, 2.45) is 0 Å². The number of rotatable bonds is 9. The van der Waals surface area contributed by atoms with E-state index in [0.717, 1.165) is 5.56 Å². The highest BCUT2D eigenvalue weighted by Crippen LogP contribution is 2.40. The molecular weight excluding hydrogens is 422 g/mol. The number of nitrogens with zero attached hydrogens (tertiary/aromatic N) is 1. The summed E-state index contributed by atoms with van der Waals surface area (Å²) in [5.41, 5.74) is 2.00. The molecule has 1 fully saturated rings. The van der Waals surface area contributed by atoms with E-state index in [0.29, 0.717) is 42.2 Å². The Balaban J connectivity index is 2.06. The van der Waals surface area contributed by atoms with Crippen molar-refractivity contribution in [2.45, 2.75) is 39.3 Å². The molecule has 0 saturated carbocycles. The average Bonchev–Trinajstić information content (AvgIpc) is 3.06. The Labute approximate surface area is 194 Å². The zero-order valence-corrected chi connectivity index (χ0v) is 19.8. The Morgan fingerprint density at radius 1 is 1.03 bits per heavy atom. The highest BCUT2D eigenvalue weighted by Gasteiger charge is 2.45. The molecule has 7 heteroatoms. The minimum atomic E-state index is -0.712. The molecule has 1 N–H and O–H groups in total. The van der Waals surface area contributed by atoms with Gasteiger partial charge in [0.1, 0.15) is 17.3 Å². The number of hydrogen-bond donors (Lipinski definition) is 1. The van der Waals surface area contributed by atoms with Crippen LogP contribution in [0.1, 0.15) is 43.0 Å². The lowest BCUT2D eigenvalue weighted by Crippen LogP contribution is -2.31. The van der Waals surface area contributed by atoms with E-state index in [1.807, 2.05) is 20.8 Å². The second-order valence-electron chi connectivity index (χ2n) is 8.22. The van der Waals surface area contributed by atoms with Crippen LogP contribution in [0.4, 0.5) is 0 Å². The van der Waals surface area contributed by atoms with Crippen molar-refractivity contribution in [3.8, 4) is 11.5 Å². The van der Waals surface area contributed by atoms with Crippen molar-refractivity contribution in [2.75, 3.05) is 27.4 Å². The van der Waals surface area contributed by atoms with Gasteiger partial charge in [0, 0.05) is 18.7 Å². The number of aliphatic hydroxyl groups is 1. The van der Waals surface area contributed by atoms with E-state index in [1.54, 1.807) is 56.7 Å². The molecule has 1 atom stereocenters. The number of aryl methyl sites for hydroxylation is 1. The Kier molecular flexibility index (Phi) is 7.76. The molecule has 7 nitrogen and oxygen atoms in total. The number of likely N-dealkylation sites (tertiary alicyclic amines) is 1. The molecule has 2 aromatic rings. The molecule has 0 radical (unpaired) electrons. The number of ether oxygens (including phenoxy) is 3. The number of ketones is 1. The molecular formula is C26H31NO6. The predicted octanol–water partition coefficient (Wildman–Crippen LogP) is 4.25. The van der Waals surface area contributed by atoms with Crippen LogP contribution in [0.15, 0.2) is 48.0 Å². The largest absolute Gasteiger partial charge is 0.507 e. The number of hydrogen-bond acceptors (Lipinski definition) is 6. The maximum absolute atomic E-state index is 13.1. The Morgan fingerprint density at radius 2 is 1.67 bits per heavy atom. The molecule has 1 aliphatic heterocycles. The zero-order valence-electron chi connectivity index (χ0n) is 19.8. The van der Waals surface area contributed by atoms with Gasteiger partial charge in [0.05, 0.1) is 31.9 Å². The predicted molar refractivity (Wildman–Crippen MR) is 125 cm³/mol. The third-order valence-corrected chi connectivity index (χ3v) is 5.65. The van der Waals surface area contributed by atoms with Crippen LogP contribution in [0, 0.1) is 6.92 Å². The molecule has 33 heavy (non-hydrogen) atoms. The first-order valence-corrected chi connectivity index (χ1v) is 11.0. The molecule has 0 bridgehead atoms. The number of amides is 1. The first kappa shape index (κ1) is 24.3. The average molecular weight is 454 g/mol. The van der Waals surface area contributed by atoms with Gasteiger partial charge in [0.15, 0.2) is 0 Å². The van der Waals surface area contributed by atoms with Crippen LogP contribution in [0.25, 0.3) is 5.76 Å². The highest BCUT2D eigenvalue weighted by molar-refractivity contribution is 6.46. The first-order valence-electron chi connectivity index (χ1n) is 11.0. The summed E-state index contributed by atoms with van der Waals surface area (Å²) in [4.78, 5) is 27.7. The van der Waals surface area contributed by atoms with Crippen molar-refractivity contribution >= 4 is 17.4 Å². The van der Waals surface area contributed by atoms with Crippen molar-refractivity contribution in [1.29, 1.82) is 0 Å². The maximum Gasteiger partial charge on any atom is 0.295 e. The number of carbonyl (C=O) groups is 2. The van der Waals surface area contributed by atoms with E-state index in [4.69, 9.17) is 14.2 Å². The summed E-state index contributed by atoms with van der Waals surface area (Å²) in [5.74, 6) is -0.231. The highest BCUT2D eigenvalue weighted by atomic mass is 16.5. The molecule has 1 aliphatic rings. The lowest BCUT2D eigenvalue weighted by molar-refractivity contribution is -0.140. The quantitative estimate of drug-likeness (QED) is 0.264. The normalized spacial score (nSPS) is 17.6. The van der Waals surface area contributed by atoms with E-state index >= 15 is 0 Å². The number of Topliss-reactive ketones (excluding diaryl/α,β-unsaturated/α-hetero) is 1. The van der Waals surface area contributed by atoms with Gasteiger partial charge in [0.25, 0.3) is 11.7 Å². The van der Waals surface area contributed by atoms with Gasteiger partial charge < -0.3 is 24.2 Å². The molecule has 0 aromatic heterocycles. The number of aliphatic hydroxyl groups excluding tert-OH is 1. The smallest absolute Gasteiger partial charge is 0.295 e. The third kappa shape index (κ3) is 5.20. The first-order chi connectivity index (χ1) is 15.8. The molecule has 176 valence electrons. The second-order valence-corrected chi connectivity index (χ2v) is 8.22. The lowest BCUT2D eigenvalue weighted by Gasteiger charge is -2.25. The molecule has 3 rings (SSSR count). The van der Waals surface area contributed by atoms with Gasteiger partial charge in [0.2, 0.25) is 0 Å². The summed E-state index contributed by atoms with van der Waals surface area (Å²) >= 11 is 0. The van der Waals surface area contributed by atoms with Crippen LogP contribution in [-0.2, 0) is 14.3 Å². The van der Waals surface area contributed by atoms with Crippen LogP contribution in [0.3, 0.4) is 0 Å². The van der Waals surface area contributed by atoms with Crippen molar-refractivity contribution < 1.29 is 28.9 Å². The zero-order chi connectivity index (χ0) is 24.1. The molecule has 1 amide bonds. The SMILES string of the molecule is COc1ccc(C2/C(=C(/O)c3ccc(OC)cc3C)C(=O)C(=O)N2CCCOC(C)C)cc1. The van der Waals surface area contributed by atoms with Crippen molar-refractivity contribution in [1.82, 2.24) is 4.90 Å². The fourth-order valence-corrected chi connectivity index (χ4v) is 3.97. The van der Waals surface area contributed by atoms with E-state index in [9.17, 15) is 14.7 Å². The minimum absolute atomic E-state index is 0.0724. The fourth-order valence-electron chi connectivity index (χ4n) is 3.97. The molecule has 1 heterocycles. The maximum atomic E-state index is 13.1. The molecule has 1 saturated heterocycles. The summed E-state index contributed by atoms with van der Waals surface area (Å²) in [6, 6.07) is 11.6. The van der Waals surface area contributed by atoms with Gasteiger partial charge in [-0.15, -0.1) is 0 Å². The Hall–Kier alpha value is -3.32. The lowest BCUT2D eigenvalue weighted by atomic mass is 9.93. The summed E-state index contributed by atoms with van der Waals surface area (Å²) in [5, 5.41) is 11.2. The Bertz CT molecular complexity index is 1040. The number of methoxy groups -OCH3 is 2. The van der Waals surface area contributed by atoms with Gasteiger partial charge in [-0.25, -0.2) is 0 Å². The van der Waals surface area contributed by atoms with Gasteiger partial charge in [-0.05, 0) is 68.7 Å². The van der Waals surface area contributed by atoms with Crippen LogP contribution >= 0.6 is 0 Å². The van der Waals surface area contributed by atoms with Gasteiger partial charge >= 0.3 is 0 Å². The second kappa shape index (κ2) is 10.5. The summed E-state index contributed by atoms with van der Waals surface area (Å²) in [6.07, 6.45) is 0.648. The standard InChI is InChI=1S/C26H31NO6/c1-16(2)33-14-6-13-27-23(18-7-9-19(31-4)10-8-18)22(25(29)26(27)30)24(28)21-12-11-20(32-5)15-17(21)3/h7-12,15-16,23,28H,6,13-14H2,1-5H3/b24-22-. The minimum Gasteiger partial charge on any atom is -0.507 e. The van der Waals surface area contributed by atoms with Crippen LogP contribution < -0.4 is 9.47 Å². The van der Waals surface area contributed by atoms with Crippen LogP contribution in [-0.4, -0.2) is 55.2 Å². The van der Waals surface area contributed by atoms with Gasteiger partial charge in [-0.1, -0.05) is 12.1 Å². The van der Waals surface area contributed by atoms with E-state index in [-0.39, 0.29) is 17.4 Å². The molecule has 0 aliphatic carbocycles. The van der Waals surface area contributed by atoms with Gasteiger partial charge in [-0.2, -0.15) is 0 Å². The van der Waals surface area contributed by atoms with Crippen molar-refractivity contribution in [3.05, 3.63) is 64.7 Å². The molecule has 1 unspecified atom stereocenters. The Morgan fingerprint density at radius 3 is 2.24 bits per heavy atom. The number of carbonyl (C=O) groups excluding carboxylic acids is 2. The molecule has 2 aromatic carbocycles.